The first-order valence-corrected chi connectivity index (χ1v) is 6.50. The molecule has 0 amide bonds. The van der Waals surface area contributed by atoms with Crippen LogP contribution < -0.4 is 4.90 Å². The number of anilines is 1. The summed E-state index contributed by atoms with van der Waals surface area (Å²) >= 11 is 0. The smallest absolute Gasteiger partial charge is 0.289 e. The maximum absolute atomic E-state index is 11.0. The molecular formula is C14H19N3O2. The zero-order valence-electron chi connectivity index (χ0n) is 11.6. The molecular weight excluding hydrogens is 242 g/mol. The van der Waals surface area contributed by atoms with Gasteiger partial charge in [-0.05, 0) is 31.9 Å². The Bertz CT molecular complexity index is 494. The van der Waals surface area contributed by atoms with E-state index >= 15 is 0 Å². The summed E-state index contributed by atoms with van der Waals surface area (Å²) in [5, 5.41) is 19.9. The Labute approximate surface area is 113 Å². The van der Waals surface area contributed by atoms with Crippen molar-refractivity contribution in [3.63, 3.8) is 0 Å². The molecule has 0 spiro atoms. The summed E-state index contributed by atoms with van der Waals surface area (Å²) in [6, 6.07) is 6.98. The third kappa shape index (κ3) is 3.44. The quantitative estimate of drug-likeness (QED) is 0.580. The predicted octanol–water partition coefficient (Wildman–Crippen LogP) is 3.48. The average molecular weight is 261 g/mol. The summed E-state index contributed by atoms with van der Waals surface area (Å²) in [7, 11) is 0. The van der Waals surface area contributed by atoms with Crippen LogP contribution in [0.25, 0.3) is 0 Å². The highest BCUT2D eigenvalue weighted by atomic mass is 16.6. The number of nitriles is 1. The van der Waals surface area contributed by atoms with Gasteiger partial charge < -0.3 is 4.90 Å². The molecule has 19 heavy (non-hydrogen) atoms. The van der Waals surface area contributed by atoms with E-state index in [2.05, 4.69) is 25.7 Å². The third-order valence-corrected chi connectivity index (χ3v) is 3.22. The summed E-state index contributed by atoms with van der Waals surface area (Å²) in [5.74, 6) is 0. The zero-order valence-corrected chi connectivity index (χ0v) is 11.6. The molecule has 0 N–H and O–H groups in total. The molecule has 0 radical (unpaired) electrons. The second kappa shape index (κ2) is 6.74. The Balaban J connectivity index is 3.22. The van der Waals surface area contributed by atoms with E-state index in [-0.39, 0.29) is 11.3 Å². The van der Waals surface area contributed by atoms with Gasteiger partial charge in [0, 0.05) is 24.3 Å². The topological polar surface area (TPSA) is 70.2 Å². The van der Waals surface area contributed by atoms with Crippen molar-refractivity contribution < 1.29 is 4.92 Å². The summed E-state index contributed by atoms with van der Waals surface area (Å²) in [5.41, 5.74) is 0.792. The van der Waals surface area contributed by atoms with Crippen molar-refractivity contribution in [1.82, 2.24) is 0 Å². The number of nitro groups is 1. The van der Waals surface area contributed by atoms with Crippen LogP contribution in [0.2, 0.25) is 0 Å². The molecule has 0 fully saturated rings. The van der Waals surface area contributed by atoms with E-state index in [0.29, 0.717) is 6.04 Å². The van der Waals surface area contributed by atoms with Crippen LogP contribution >= 0.6 is 0 Å². The lowest BCUT2D eigenvalue weighted by Gasteiger charge is -2.30. The number of nitrogens with zero attached hydrogens (tertiary/aromatic N) is 3. The minimum absolute atomic E-state index is 0.106. The monoisotopic (exact) mass is 261 g/mol. The van der Waals surface area contributed by atoms with Gasteiger partial charge in [-0.15, -0.1) is 0 Å². The van der Waals surface area contributed by atoms with E-state index in [1.54, 1.807) is 6.07 Å². The lowest BCUT2D eigenvalue weighted by molar-refractivity contribution is -0.385. The van der Waals surface area contributed by atoms with Gasteiger partial charge in [0.2, 0.25) is 0 Å². The molecule has 0 bridgehead atoms. The highest BCUT2D eigenvalue weighted by Crippen LogP contribution is 2.27. The van der Waals surface area contributed by atoms with Crippen molar-refractivity contribution in [3.8, 4) is 6.07 Å². The minimum Gasteiger partial charge on any atom is -0.369 e. The van der Waals surface area contributed by atoms with Crippen LogP contribution in [0, 0.1) is 21.4 Å². The van der Waals surface area contributed by atoms with Crippen LogP contribution in [0.4, 0.5) is 11.4 Å². The van der Waals surface area contributed by atoms with Gasteiger partial charge in [-0.3, -0.25) is 10.1 Å². The Hall–Kier alpha value is -2.09. The molecule has 1 aromatic rings. The Morgan fingerprint density at radius 2 is 2.16 bits per heavy atom. The summed E-state index contributed by atoms with van der Waals surface area (Å²) in [6.07, 6.45) is 1.94. The molecule has 1 rings (SSSR count). The SMILES string of the molecule is CCCN(c1ccc(C#N)c([N+](=O)[O-])c1)[C@H](C)CC. The lowest BCUT2D eigenvalue weighted by Crippen LogP contribution is -2.33. The fourth-order valence-corrected chi connectivity index (χ4v) is 2.01. The fourth-order valence-electron chi connectivity index (χ4n) is 2.01. The summed E-state index contributed by atoms with van der Waals surface area (Å²) in [6.45, 7) is 7.11. The van der Waals surface area contributed by atoms with Crippen molar-refractivity contribution in [3.05, 3.63) is 33.9 Å². The molecule has 5 heteroatoms. The first-order chi connectivity index (χ1) is 9.04. The highest BCUT2D eigenvalue weighted by Gasteiger charge is 2.19. The van der Waals surface area contributed by atoms with Gasteiger partial charge in [0.25, 0.3) is 5.69 Å². The predicted molar refractivity (Wildman–Crippen MR) is 75.2 cm³/mol. The maximum atomic E-state index is 11.0. The van der Waals surface area contributed by atoms with Gasteiger partial charge in [-0.25, -0.2) is 0 Å². The second-order valence-corrected chi connectivity index (χ2v) is 4.52. The van der Waals surface area contributed by atoms with Gasteiger partial charge >= 0.3 is 0 Å². The normalized spacial score (nSPS) is 11.7. The van der Waals surface area contributed by atoms with Crippen LogP contribution in [0.15, 0.2) is 18.2 Å². The number of nitro benzene ring substituents is 1. The van der Waals surface area contributed by atoms with Crippen molar-refractivity contribution in [1.29, 1.82) is 5.26 Å². The zero-order chi connectivity index (χ0) is 14.4. The van der Waals surface area contributed by atoms with Crippen molar-refractivity contribution >= 4 is 11.4 Å². The molecule has 0 aliphatic rings. The molecule has 0 aromatic heterocycles. The average Bonchev–Trinajstić information content (AvgIpc) is 2.43. The van der Waals surface area contributed by atoms with Gasteiger partial charge in [0.1, 0.15) is 11.6 Å². The molecule has 0 saturated heterocycles. The van der Waals surface area contributed by atoms with E-state index < -0.39 is 4.92 Å². The molecule has 1 aromatic carbocycles. The Morgan fingerprint density at radius 3 is 2.63 bits per heavy atom. The summed E-state index contributed by atoms with van der Waals surface area (Å²) < 4.78 is 0. The number of rotatable bonds is 6. The summed E-state index contributed by atoms with van der Waals surface area (Å²) in [4.78, 5) is 12.6. The molecule has 0 aliphatic carbocycles. The Morgan fingerprint density at radius 1 is 1.47 bits per heavy atom. The number of benzene rings is 1. The van der Waals surface area contributed by atoms with Gasteiger partial charge in [-0.1, -0.05) is 13.8 Å². The second-order valence-electron chi connectivity index (χ2n) is 4.52. The first-order valence-electron chi connectivity index (χ1n) is 6.50. The molecule has 0 saturated carbocycles. The van der Waals surface area contributed by atoms with E-state index in [9.17, 15) is 10.1 Å². The fraction of sp³-hybridized carbons (Fsp3) is 0.500. The van der Waals surface area contributed by atoms with Crippen molar-refractivity contribution in [2.75, 3.05) is 11.4 Å². The first kappa shape index (κ1) is 15.0. The molecule has 102 valence electrons. The van der Waals surface area contributed by atoms with Gasteiger partial charge in [-0.2, -0.15) is 5.26 Å². The van der Waals surface area contributed by atoms with Crippen LogP contribution in [0.1, 0.15) is 39.2 Å². The Kier molecular flexibility index (Phi) is 5.31. The van der Waals surface area contributed by atoms with E-state index in [1.807, 2.05) is 6.07 Å². The lowest BCUT2D eigenvalue weighted by atomic mass is 10.1. The maximum Gasteiger partial charge on any atom is 0.289 e. The highest BCUT2D eigenvalue weighted by molar-refractivity contribution is 5.60. The molecule has 0 aliphatic heterocycles. The largest absolute Gasteiger partial charge is 0.369 e. The molecule has 0 unspecified atom stereocenters. The molecule has 0 heterocycles. The van der Waals surface area contributed by atoms with Crippen molar-refractivity contribution in [2.45, 2.75) is 39.7 Å². The number of hydrogen-bond acceptors (Lipinski definition) is 4. The van der Waals surface area contributed by atoms with E-state index in [0.717, 1.165) is 25.1 Å². The van der Waals surface area contributed by atoms with Crippen LogP contribution in [0.5, 0.6) is 0 Å². The van der Waals surface area contributed by atoms with Gasteiger partial charge in [0.05, 0.1) is 4.92 Å². The molecule has 5 nitrogen and oxygen atoms in total. The standard InChI is InChI=1S/C14H19N3O2/c1-4-8-16(11(3)5-2)13-7-6-12(10-15)14(9-13)17(18)19/h6-7,9,11H,4-5,8H2,1-3H3/t11-/m1/s1. The van der Waals surface area contributed by atoms with E-state index in [4.69, 9.17) is 5.26 Å². The van der Waals surface area contributed by atoms with Crippen molar-refractivity contribution in [2.24, 2.45) is 0 Å². The third-order valence-electron chi connectivity index (χ3n) is 3.22. The van der Waals surface area contributed by atoms with Gasteiger partial charge in [0.15, 0.2) is 0 Å². The van der Waals surface area contributed by atoms with Crippen LogP contribution in [0.3, 0.4) is 0 Å². The molecule has 1 atom stereocenters. The van der Waals surface area contributed by atoms with E-state index in [1.165, 1.54) is 12.1 Å². The van der Waals surface area contributed by atoms with Crippen LogP contribution in [-0.4, -0.2) is 17.5 Å². The van der Waals surface area contributed by atoms with Crippen LogP contribution in [-0.2, 0) is 0 Å². The minimum atomic E-state index is -0.497. The number of hydrogen-bond donors (Lipinski definition) is 0.